The Balaban J connectivity index is 2.11. The van der Waals surface area contributed by atoms with Crippen LogP contribution in [0.15, 0.2) is 23.0 Å². The van der Waals surface area contributed by atoms with E-state index in [9.17, 15) is 10.1 Å². The van der Waals surface area contributed by atoms with Gasteiger partial charge in [0.2, 0.25) is 5.95 Å². The summed E-state index contributed by atoms with van der Waals surface area (Å²) in [6.07, 6.45) is 0.713. The van der Waals surface area contributed by atoms with Gasteiger partial charge < -0.3 is 22.1 Å². The van der Waals surface area contributed by atoms with Gasteiger partial charge >= 0.3 is 0 Å². The number of benzene rings is 1. The van der Waals surface area contributed by atoms with Crippen LogP contribution in [0.4, 0.5) is 17.6 Å². The molecule has 0 aliphatic heterocycles. The average molecular weight is 428 g/mol. The molecular formula is C19H22ClN9O. The Bertz CT molecular complexity index is 1190. The number of hydrogen-bond acceptors (Lipinski definition) is 9. The van der Waals surface area contributed by atoms with Crippen LogP contribution in [0.3, 0.4) is 0 Å². The van der Waals surface area contributed by atoms with Crippen LogP contribution in [0.25, 0.3) is 10.9 Å². The van der Waals surface area contributed by atoms with Crippen LogP contribution in [0, 0.1) is 11.3 Å². The number of nitrogens with zero attached hydrogens (tertiary/aromatic N) is 5. The number of hydrogen-bond donors (Lipinski definition) is 4. The first kappa shape index (κ1) is 21.3. The lowest BCUT2D eigenvalue weighted by atomic mass is 10.2. The van der Waals surface area contributed by atoms with Crippen molar-refractivity contribution in [3.8, 4) is 6.07 Å². The van der Waals surface area contributed by atoms with Crippen molar-refractivity contribution >= 4 is 40.1 Å². The molecule has 0 aliphatic rings. The number of aromatic nitrogens is 4. The fourth-order valence-electron chi connectivity index (χ4n) is 3.18. The lowest BCUT2D eigenvalue weighted by molar-refractivity contribution is 0.552. The van der Waals surface area contributed by atoms with Gasteiger partial charge in [0.05, 0.1) is 22.0 Å². The third-order valence-corrected chi connectivity index (χ3v) is 4.89. The molecule has 2 heterocycles. The molecule has 0 saturated carbocycles. The molecule has 0 aliphatic carbocycles. The zero-order valence-electron chi connectivity index (χ0n) is 16.6. The van der Waals surface area contributed by atoms with Crippen molar-refractivity contribution in [1.82, 2.24) is 24.8 Å². The van der Waals surface area contributed by atoms with Crippen molar-refractivity contribution in [1.29, 1.82) is 5.26 Å². The van der Waals surface area contributed by atoms with Crippen LogP contribution in [-0.2, 0) is 6.54 Å². The normalized spacial score (nSPS) is 11.9. The van der Waals surface area contributed by atoms with Gasteiger partial charge in [-0.05, 0) is 39.1 Å². The van der Waals surface area contributed by atoms with E-state index in [1.807, 2.05) is 20.0 Å². The highest BCUT2D eigenvalue weighted by Crippen LogP contribution is 2.25. The Morgan fingerprint density at radius 2 is 2.07 bits per heavy atom. The van der Waals surface area contributed by atoms with Crippen molar-refractivity contribution in [3.05, 3.63) is 45.0 Å². The topological polar surface area (TPSA) is 161 Å². The summed E-state index contributed by atoms with van der Waals surface area (Å²) in [5.74, 6) is 0.568. The van der Waals surface area contributed by atoms with E-state index in [-0.39, 0.29) is 28.7 Å². The van der Waals surface area contributed by atoms with Crippen LogP contribution in [0.1, 0.15) is 30.8 Å². The van der Waals surface area contributed by atoms with Gasteiger partial charge in [0.1, 0.15) is 23.3 Å². The van der Waals surface area contributed by atoms with E-state index < -0.39 is 6.04 Å². The molecule has 11 heteroatoms. The second-order valence-electron chi connectivity index (χ2n) is 6.69. The maximum atomic E-state index is 13.2. The first-order valence-corrected chi connectivity index (χ1v) is 9.68. The number of nitrogen functional groups attached to an aromatic ring is 2. The maximum absolute atomic E-state index is 13.2. The molecule has 0 fully saturated rings. The standard InChI is InChI=1S/C19H22ClN9O/c1-10(25-16-11(9-21)15(22)27-19(23)28-16)17-26-13-6-3-5-12(20)14(13)18(30)29(17)8-4-7-24-2/h3,5-6,10,24H,4,7-8H2,1-2H3,(H5,22,23,25,27,28). The van der Waals surface area contributed by atoms with E-state index in [0.717, 1.165) is 6.54 Å². The Hall–Kier alpha value is -3.42. The number of nitrogens with two attached hydrogens (primary N) is 2. The Kier molecular flexibility index (Phi) is 6.34. The third-order valence-electron chi connectivity index (χ3n) is 4.58. The monoisotopic (exact) mass is 427 g/mol. The van der Waals surface area contributed by atoms with Gasteiger partial charge in [-0.15, -0.1) is 0 Å². The summed E-state index contributed by atoms with van der Waals surface area (Å²) < 4.78 is 1.59. The second-order valence-corrected chi connectivity index (χ2v) is 7.09. The van der Waals surface area contributed by atoms with Gasteiger partial charge in [-0.25, -0.2) is 4.98 Å². The fraction of sp³-hybridized carbons (Fsp3) is 0.316. The summed E-state index contributed by atoms with van der Waals surface area (Å²) in [6, 6.07) is 6.62. The van der Waals surface area contributed by atoms with Crippen LogP contribution < -0.4 is 27.7 Å². The molecular weight excluding hydrogens is 406 g/mol. The van der Waals surface area contributed by atoms with E-state index in [2.05, 4.69) is 25.6 Å². The SMILES string of the molecule is CNCCCn1c(C(C)Nc2nc(N)nc(N)c2C#N)nc2cccc(Cl)c2c1=O. The number of rotatable bonds is 7. The summed E-state index contributed by atoms with van der Waals surface area (Å²) in [7, 11) is 1.84. The molecule has 1 unspecified atom stereocenters. The van der Waals surface area contributed by atoms with Crippen molar-refractivity contribution in [2.75, 3.05) is 30.4 Å². The molecule has 0 bridgehead atoms. The highest BCUT2D eigenvalue weighted by Gasteiger charge is 2.20. The molecule has 1 atom stereocenters. The Morgan fingerprint density at radius 1 is 1.30 bits per heavy atom. The quantitative estimate of drug-likeness (QED) is 0.411. The van der Waals surface area contributed by atoms with Gasteiger partial charge in [0.15, 0.2) is 5.82 Å². The smallest absolute Gasteiger partial charge is 0.262 e. The first-order chi connectivity index (χ1) is 14.4. The molecule has 0 spiro atoms. The lowest BCUT2D eigenvalue weighted by Gasteiger charge is -2.21. The summed E-state index contributed by atoms with van der Waals surface area (Å²) in [4.78, 5) is 25.8. The van der Waals surface area contributed by atoms with Crippen molar-refractivity contribution in [2.45, 2.75) is 25.9 Å². The highest BCUT2D eigenvalue weighted by atomic mass is 35.5. The van der Waals surface area contributed by atoms with Crippen molar-refractivity contribution in [3.63, 3.8) is 0 Å². The van der Waals surface area contributed by atoms with E-state index >= 15 is 0 Å². The molecule has 6 N–H and O–H groups in total. The Labute approximate surface area is 177 Å². The summed E-state index contributed by atoms with van der Waals surface area (Å²) >= 11 is 6.27. The van der Waals surface area contributed by atoms with Crippen LogP contribution in [-0.4, -0.2) is 33.1 Å². The van der Waals surface area contributed by atoms with Crippen molar-refractivity contribution in [2.24, 2.45) is 0 Å². The maximum Gasteiger partial charge on any atom is 0.262 e. The molecule has 3 rings (SSSR count). The summed E-state index contributed by atoms with van der Waals surface area (Å²) in [6.45, 7) is 2.97. The number of halogens is 1. The third kappa shape index (κ3) is 4.12. The minimum Gasteiger partial charge on any atom is -0.382 e. The molecule has 1 aromatic carbocycles. The van der Waals surface area contributed by atoms with Crippen LogP contribution >= 0.6 is 11.6 Å². The summed E-state index contributed by atoms with van der Waals surface area (Å²) in [5, 5.41) is 16.3. The van der Waals surface area contributed by atoms with Gasteiger partial charge in [-0.2, -0.15) is 15.2 Å². The van der Waals surface area contributed by atoms with E-state index in [4.69, 9.17) is 23.1 Å². The predicted molar refractivity (Wildman–Crippen MR) is 117 cm³/mol. The number of fused-ring (bicyclic) bond motifs is 1. The van der Waals surface area contributed by atoms with Crippen LogP contribution in [0.2, 0.25) is 5.02 Å². The van der Waals surface area contributed by atoms with Gasteiger partial charge in [0.25, 0.3) is 5.56 Å². The number of nitrogens with one attached hydrogen (secondary N) is 2. The van der Waals surface area contributed by atoms with E-state index in [1.54, 1.807) is 22.8 Å². The molecule has 3 aromatic rings. The molecule has 2 aromatic heterocycles. The molecule has 156 valence electrons. The van der Waals surface area contributed by atoms with E-state index in [0.29, 0.717) is 34.7 Å². The first-order valence-electron chi connectivity index (χ1n) is 9.30. The predicted octanol–water partition coefficient (Wildman–Crippen LogP) is 1.66. The molecule has 0 radical (unpaired) electrons. The minimum atomic E-state index is -0.489. The number of anilines is 3. The molecule has 0 amide bonds. The van der Waals surface area contributed by atoms with Crippen molar-refractivity contribution < 1.29 is 0 Å². The molecule has 10 nitrogen and oxygen atoms in total. The van der Waals surface area contributed by atoms with Gasteiger partial charge in [-0.1, -0.05) is 17.7 Å². The van der Waals surface area contributed by atoms with E-state index in [1.165, 1.54) is 0 Å². The average Bonchev–Trinajstić information content (AvgIpc) is 2.69. The largest absolute Gasteiger partial charge is 0.382 e. The zero-order valence-corrected chi connectivity index (χ0v) is 17.4. The Morgan fingerprint density at radius 3 is 2.77 bits per heavy atom. The minimum absolute atomic E-state index is 0.0237. The molecule has 30 heavy (non-hydrogen) atoms. The van der Waals surface area contributed by atoms with Gasteiger partial charge in [0, 0.05) is 6.54 Å². The highest BCUT2D eigenvalue weighted by molar-refractivity contribution is 6.35. The van der Waals surface area contributed by atoms with Gasteiger partial charge in [-0.3, -0.25) is 9.36 Å². The second kappa shape index (κ2) is 8.94. The van der Waals surface area contributed by atoms with Crippen LogP contribution in [0.5, 0.6) is 0 Å². The fourth-order valence-corrected chi connectivity index (χ4v) is 3.43. The zero-order chi connectivity index (χ0) is 21.8. The lowest BCUT2D eigenvalue weighted by Crippen LogP contribution is -2.30. The molecule has 0 saturated heterocycles. The number of nitriles is 1. The summed E-state index contributed by atoms with van der Waals surface area (Å²) in [5.41, 5.74) is 11.8.